The Labute approximate surface area is 119 Å². The van der Waals surface area contributed by atoms with Crippen LogP contribution in [-0.2, 0) is 14.6 Å². The first-order chi connectivity index (χ1) is 9.44. The molecule has 1 aliphatic carbocycles. The van der Waals surface area contributed by atoms with Gasteiger partial charge in [0.1, 0.15) is 5.75 Å². The topological polar surface area (TPSA) is 102 Å². The maximum Gasteiger partial charge on any atom is 0.235 e. The summed E-state index contributed by atoms with van der Waals surface area (Å²) in [5, 5.41) is 2.66. The van der Waals surface area contributed by atoms with Gasteiger partial charge in [-0.05, 0) is 31.0 Å². The lowest BCUT2D eigenvalue weighted by atomic mass is 10.3. The van der Waals surface area contributed by atoms with Gasteiger partial charge in [-0.15, -0.1) is 11.3 Å². The van der Waals surface area contributed by atoms with Crippen molar-refractivity contribution in [3.05, 3.63) is 18.2 Å². The molecule has 0 spiro atoms. The summed E-state index contributed by atoms with van der Waals surface area (Å²) in [6.07, 6.45) is 1.85. The number of aromatic nitrogens is 1. The second kappa shape index (κ2) is 4.71. The third kappa shape index (κ3) is 2.75. The van der Waals surface area contributed by atoms with Crippen LogP contribution in [0.15, 0.2) is 22.5 Å². The van der Waals surface area contributed by atoms with Crippen LogP contribution in [0.25, 0.3) is 10.2 Å². The van der Waals surface area contributed by atoms with Crippen molar-refractivity contribution >= 4 is 43.0 Å². The highest BCUT2D eigenvalue weighted by molar-refractivity contribution is 7.94. The predicted molar refractivity (Wildman–Crippen MR) is 77.2 cm³/mol. The monoisotopic (exact) mass is 311 g/mol. The number of nitrogens with two attached hydrogens (primary N) is 1. The Hall–Kier alpha value is -1.67. The summed E-state index contributed by atoms with van der Waals surface area (Å²) < 4.78 is 25.0. The average molecular weight is 311 g/mol. The number of rotatable bonds is 4. The fourth-order valence-corrected chi connectivity index (χ4v) is 4.27. The van der Waals surface area contributed by atoms with Gasteiger partial charge in [-0.1, -0.05) is 0 Å². The largest absolute Gasteiger partial charge is 0.399 e. The van der Waals surface area contributed by atoms with Gasteiger partial charge < -0.3 is 11.1 Å². The van der Waals surface area contributed by atoms with Crippen molar-refractivity contribution in [2.24, 2.45) is 0 Å². The van der Waals surface area contributed by atoms with Crippen LogP contribution in [0.5, 0.6) is 0 Å². The number of nitrogens with one attached hydrogen (secondary N) is 1. The molecule has 3 rings (SSSR count). The zero-order valence-electron chi connectivity index (χ0n) is 10.5. The number of hydrogen-bond acceptors (Lipinski definition) is 6. The van der Waals surface area contributed by atoms with E-state index < -0.39 is 21.5 Å². The van der Waals surface area contributed by atoms with Crippen LogP contribution in [0.4, 0.5) is 5.69 Å². The number of carbonyl (C=O) groups excluding carboxylic acids is 1. The first-order valence-electron chi connectivity index (χ1n) is 6.12. The van der Waals surface area contributed by atoms with E-state index in [1.54, 1.807) is 18.2 Å². The van der Waals surface area contributed by atoms with Crippen molar-refractivity contribution in [2.75, 3.05) is 11.5 Å². The number of fused-ring (bicyclic) bond motifs is 1. The number of carbonyl (C=O) groups is 1. The second-order valence-electron chi connectivity index (χ2n) is 4.81. The molecule has 1 heterocycles. The highest BCUT2D eigenvalue weighted by Crippen LogP contribution is 2.27. The number of amides is 1. The van der Waals surface area contributed by atoms with Crippen molar-refractivity contribution in [3.8, 4) is 0 Å². The Morgan fingerprint density at radius 2 is 2.20 bits per heavy atom. The SMILES string of the molecule is Nc1ccc2nc(S(=O)(=O)CC(=O)NC3CC3)sc2c1. The average Bonchev–Trinajstić information content (AvgIpc) is 3.04. The van der Waals surface area contributed by atoms with E-state index in [4.69, 9.17) is 5.73 Å². The highest BCUT2D eigenvalue weighted by atomic mass is 32.2. The third-order valence-electron chi connectivity index (χ3n) is 2.92. The molecule has 0 aliphatic heterocycles. The molecule has 0 atom stereocenters. The van der Waals surface area contributed by atoms with Crippen LogP contribution in [0, 0.1) is 0 Å². The number of benzene rings is 1. The Kier molecular flexibility index (Phi) is 3.14. The first-order valence-corrected chi connectivity index (χ1v) is 8.59. The van der Waals surface area contributed by atoms with Gasteiger partial charge in [0.15, 0.2) is 0 Å². The van der Waals surface area contributed by atoms with Crippen molar-refractivity contribution in [1.29, 1.82) is 0 Å². The van der Waals surface area contributed by atoms with E-state index in [2.05, 4.69) is 10.3 Å². The molecule has 3 N–H and O–H groups in total. The molecule has 2 aromatic rings. The number of thiazole rings is 1. The van der Waals surface area contributed by atoms with Gasteiger partial charge in [-0.3, -0.25) is 4.79 Å². The summed E-state index contributed by atoms with van der Waals surface area (Å²) in [4.78, 5) is 15.7. The molecule has 1 aromatic heterocycles. The molecule has 0 unspecified atom stereocenters. The fourth-order valence-electron chi connectivity index (χ4n) is 1.78. The van der Waals surface area contributed by atoms with E-state index in [1.807, 2.05) is 0 Å². The predicted octanol–water partition coefficient (Wildman–Crippen LogP) is 0.931. The van der Waals surface area contributed by atoms with Crippen LogP contribution in [0.2, 0.25) is 0 Å². The van der Waals surface area contributed by atoms with Gasteiger partial charge in [0, 0.05) is 11.7 Å². The number of anilines is 1. The van der Waals surface area contributed by atoms with Crippen molar-refractivity contribution < 1.29 is 13.2 Å². The summed E-state index contributed by atoms with van der Waals surface area (Å²) in [6, 6.07) is 5.16. The molecular formula is C12H13N3O3S2. The Morgan fingerprint density at radius 1 is 1.45 bits per heavy atom. The molecule has 106 valence electrons. The maximum absolute atomic E-state index is 12.2. The van der Waals surface area contributed by atoms with Gasteiger partial charge in [-0.2, -0.15) is 0 Å². The molecular weight excluding hydrogens is 298 g/mol. The normalized spacial score (nSPS) is 15.4. The van der Waals surface area contributed by atoms with Crippen molar-refractivity contribution in [1.82, 2.24) is 10.3 Å². The Balaban J connectivity index is 1.86. The summed E-state index contributed by atoms with van der Waals surface area (Å²) in [7, 11) is -3.70. The molecule has 1 saturated carbocycles. The van der Waals surface area contributed by atoms with Crippen molar-refractivity contribution in [3.63, 3.8) is 0 Å². The summed E-state index contributed by atoms with van der Waals surface area (Å²) in [5.41, 5.74) is 6.78. The molecule has 0 radical (unpaired) electrons. The van der Waals surface area contributed by atoms with Crippen LogP contribution < -0.4 is 11.1 Å². The zero-order chi connectivity index (χ0) is 14.3. The standard InChI is InChI=1S/C12H13N3O3S2/c13-7-1-4-9-10(5-7)19-12(15-9)20(17,18)6-11(16)14-8-2-3-8/h1,4-5,8H,2-3,6,13H2,(H,14,16). The molecule has 0 saturated heterocycles. The van der Waals surface area contributed by atoms with Gasteiger partial charge in [0.2, 0.25) is 20.1 Å². The van der Waals surface area contributed by atoms with Gasteiger partial charge in [0.25, 0.3) is 0 Å². The Morgan fingerprint density at radius 3 is 2.90 bits per heavy atom. The summed E-state index contributed by atoms with van der Waals surface area (Å²) in [5.74, 6) is -1.02. The van der Waals surface area contributed by atoms with Gasteiger partial charge in [0.05, 0.1) is 10.2 Å². The van der Waals surface area contributed by atoms with Crippen molar-refractivity contribution in [2.45, 2.75) is 23.2 Å². The maximum atomic E-state index is 12.2. The van der Waals surface area contributed by atoms with E-state index >= 15 is 0 Å². The van der Waals surface area contributed by atoms with Gasteiger partial charge >= 0.3 is 0 Å². The lowest BCUT2D eigenvalue weighted by Gasteiger charge is -2.02. The minimum atomic E-state index is -3.70. The Bertz CT molecular complexity index is 778. The van der Waals surface area contributed by atoms with Gasteiger partial charge in [-0.25, -0.2) is 13.4 Å². The molecule has 8 heteroatoms. The lowest BCUT2D eigenvalue weighted by molar-refractivity contribution is -0.118. The van der Waals surface area contributed by atoms with E-state index in [0.717, 1.165) is 24.2 Å². The first kappa shape index (κ1) is 13.3. The van der Waals surface area contributed by atoms with E-state index in [1.165, 1.54) is 0 Å². The quantitative estimate of drug-likeness (QED) is 0.818. The minimum absolute atomic E-state index is 0.0379. The molecule has 1 aromatic carbocycles. The third-order valence-corrected chi connectivity index (χ3v) is 6.01. The zero-order valence-corrected chi connectivity index (χ0v) is 12.1. The van der Waals surface area contributed by atoms with Crippen LogP contribution in [-0.4, -0.2) is 31.1 Å². The van der Waals surface area contributed by atoms with E-state index in [-0.39, 0.29) is 10.4 Å². The van der Waals surface area contributed by atoms with Crippen LogP contribution >= 0.6 is 11.3 Å². The molecule has 1 amide bonds. The molecule has 6 nitrogen and oxygen atoms in total. The number of nitrogens with zero attached hydrogens (tertiary/aromatic N) is 1. The minimum Gasteiger partial charge on any atom is -0.399 e. The molecule has 0 bridgehead atoms. The number of sulfone groups is 1. The molecule has 1 aliphatic rings. The van der Waals surface area contributed by atoms with E-state index in [0.29, 0.717) is 15.9 Å². The summed E-state index contributed by atoms with van der Waals surface area (Å²) >= 11 is 1.04. The second-order valence-corrected chi connectivity index (χ2v) is 8.00. The summed E-state index contributed by atoms with van der Waals surface area (Å²) in [6.45, 7) is 0. The molecule has 1 fully saturated rings. The van der Waals surface area contributed by atoms with Crippen LogP contribution in [0.3, 0.4) is 0 Å². The number of nitrogen functional groups attached to an aromatic ring is 1. The van der Waals surface area contributed by atoms with E-state index in [9.17, 15) is 13.2 Å². The highest BCUT2D eigenvalue weighted by Gasteiger charge is 2.28. The smallest absolute Gasteiger partial charge is 0.235 e. The lowest BCUT2D eigenvalue weighted by Crippen LogP contribution is -2.31. The van der Waals surface area contributed by atoms with Crippen LogP contribution in [0.1, 0.15) is 12.8 Å². The fraction of sp³-hybridized carbons (Fsp3) is 0.333. The number of hydrogen-bond donors (Lipinski definition) is 2. The molecule has 20 heavy (non-hydrogen) atoms.